The smallest absolute Gasteiger partial charge is 0.267 e. The summed E-state index contributed by atoms with van der Waals surface area (Å²) < 4.78 is 1.12. The molecular formula is C16H11N3OS3. The highest BCUT2D eigenvalue weighted by Crippen LogP contribution is 2.32. The molecule has 4 rings (SSSR count). The molecule has 4 nitrogen and oxygen atoms in total. The number of thiophene rings is 2. The molecule has 1 N–H and O–H groups in total. The fraction of sp³-hybridized carbons (Fsp3) is 0.0625. The van der Waals surface area contributed by atoms with Gasteiger partial charge in [-0.2, -0.15) is 11.3 Å². The minimum atomic E-state index is -0.128. The summed E-state index contributed by atoms with van der Waals surface area (Å²) in [5.74, 6) is -0.128. The summed E-state index contributed by atoms with van der Waals surface area (Å²) in [4.78, 5) is 13.3. The van der Waals surface area contributed by atoms with Crippen LogP contribution in [0.1, 0.15) is 15.2 Å². The first kappa shape index (κ1) is 14.5. The second-order valence-corrected chi connectivity index (χ2v) is 7.74. The molecule has 114 valence electrons. The van der Waals surface area contributed by atoms with Gasteiger partial charge < -0.3 is 0 Å². The van der Waals surface area contributed by atoms with Crippen molar-refractivity contribution in [3.63, 3.8) is 0 Å². The molecule has 3 aromatic heterocycles. The lowest BCUT2D eigenvalue weighted by Gasteiger charge is -1.99. The third-order valence-electron chi connectivity index (χ3n) is 3.46. The molecule has 4 aromatic rings. The summed E-state index contributed by atoms with van der Waals surface area (Å²) in [5.41, 5.74) is 2.04. The van der Waals surface area contributed by atoms with Crippen LogP contribution in [0.4, 0.5) is 5.13 Å². The van der Waals surface area contributed by atoms with Crippen molar-refractivity contribution in [1.82, 2.24) is 10.2 Å². The van der Waals surface area contributed by atoms with Crippen molar-refractivity contribution < 1.29 is 4.79 Å². The van der Waals surface area contributed by atoms with Gasteiger partial charge in [0.2, 0.25) is 5.13 Å². The Hall–Kier alpha value is -2.09. The van der Waals surface area contributed by atoms with Gasteiger partial charge in [0.15, 0.2) is 0 Å². The van der Waals surface area contributed by atoms with E-state index in [1.54, 1.807) is 11.3 Å². The van der Waals surface area contributed by atoms with Gasteiger partial charge in [-0.3, -0.25) is 10.1 Å². The molecule has 0 bridgehead atoms. The lowest BCUT2D eigenvalue weighted by atomic mass is 10.1. The van der Waals surface area contributed by atoms with Crippen LogP contribution in [0, 0.1) is 6.92 Å². The highest BCUT2D eigenvalue weighted by atomic mass is 32.1. The van der Waals surface area contributed by atoms with Crippen LogP contribution in [0.15, 0.2) is 41.1 Å². The maximum atomic E-state index is 12.5. The minimum Gasteiger partial charge on any atom is -0.296 e. The first-order valence-electron chi connectivity index (χ1n) is 6.88. The number of fused-ring (bicyclic) bond motifs is 1. The number of anilines is 1. The molecule has 7 heteroatoms. The topological polar surface area (TPSA) is 54.9 Å². The van der Waals surface area contributed by atoms with Crippen LogP contribution in [0.2, 0.25) is 0 Å². The summed E-state index contributed by atoms with van der Waals surface area (Å²) in [7, 11) is 0. The number of carbonyl (C=O) groups is 1. The van der Waals surface area contributed by atoms with Gasteiger partial charge in [-0.25, -0.2) is 0 Å². The van der Waals surface area contributed by atoms with Crippen LogP contribution >= 0.6 is 34.0 Å². The van der Waals surface area contributed by atoms with E-state index in [-0.39, 0.29) is 5.91 Å². The fourth-order valence-electron chi connectivity index (χ4n) is 2.32. The zero-order valence-corrected chi connectivity index (χ0v) is 14.5. The van der Waals surface area contributed by atoms with Crippen molar-refractivity contribution in [1.29, 1.82) is 0 Å². The summed E-state index contributed by atoms with van der Waals surface area (Å²) in [6.07, 6.45) is 0. The third-order valence-corrected chi connectivity index (χ3v) is 6.31. The molecule has 0 spiro atoms. The van der Waals surface area contributed by atoms with E-state index in [0.29, 0.717) is 5.13 Å². The first-order chi connectivity index (χ1) is 11.2. The number of rotatable bonds is 3. The Labute approximate surface area is 144 Å². The van der Waals surface area contributed by atoms with Gasteiger partial charge >= 0.3 is 0 Å². The Morgan fingerprint density at radius 3 is 2.78 bits per heavy atom. The van der Waals surface area contributed by atoms with Gasteiger partial charge in [-0.15, -0.1) is 21.5 Å². The number of hydrogen-bond acceptors (Lipinski definition) is 6. The number of aromatic nitrogens is 2. The molecule has 0 unspecified atom stereocenters. The van der Waals surface area contributed by atoms with Gasteiger partial charge in [-0.05, 0) is 35.4 Å². The van der Waals surface area contributed by atoms with Crippen LogP contribution in [-0.4, -0.2) is 16.1 Å². The molecular weight excluding hydrogens is 346 g/mol. The second kappa shape index (κ2) is 5.84. The van der Waals surface area contributed by atoms with Crippen molar-refractivity contribution in [3.05, 3.63) is 51.5 Å². The Morgan fingerprint density at radius 1 is 1.13 bits per heavy atom. The van der Waals surface area contributed by atoms with Crippen LogP contribution in [0.3, 0.4) is 0 Å². The van der Waals surface area contributed by atoms with E-state index >= 15 is 0 Å². The summed E-state index contributed by atoms with van der Waals surface area (Å²) in [6, 6.07) is 10.0. The summed E-state index contributed by atoms with van der Waals surface area (Å²) >= 11 is 4.50. The van der Waals surface area contributed by atoms with E-state index in [1.165, 1.54) is 22.7 Å². The van der Waals surface area contributed by atoms with Crippen LogP contribution in [0.25, 0.3) is 20.7 Å². The molecule has 0 aliphatic heterocycles. The van der Waals surface area contributed by atoms with Gasteiger partial charge in [-0.1, -0.05) is 29.5 Å². The van der Waals surface area contributed by atoms with Gasteiger partial charge in [0.1, 0.15) is 5.01 Å². The molecule has 0 radical (unpaired) electrons. The second-order valence-electron chi connectivity index (χ2n) is 4.93. The summed E-state index contributed by atoms with van der Waals surface area (Å²) in [6.45, 7) is 1.98. The number of hydrogen-bond donors (Lipinski definition) is 1. The van der Waals surface area contributed by atoms with Crippen molar-refractivity contribution in [2.75, 3.05) is 5.32 Å². The normalized spacial score (nSPS) is 11.0. The van der Waals surface area contributed by atoms with E-state index in [1.807, 2.05) is 48.0 Å². The maximum absolute atomic E-state index is 12.5. The average molecular weight is 357 g/mol. The predicted octanol–water partition coefficient (Wildman–Crippen LogP) is 5.04. The fourth-order valence-corrected chi connectivity index (χ4v) is 4.88. The summed E-state index contributed by atoms with van der Waals surface area (Å²) in [5, 5.41) is 17.5. The number of carbonyl (C=O) groups excluding carboxylic acids is 1. The van der Waals surface area contributed by atoms with Gasteiger partial charge in [0, 0.05) is 15.6 Å². The van der Waals surface area contributed by atoms with Crippen LogP contribution in [-0.2, 0) is 0 Å². The number of nitrogens with zero attached hydrogens (tertiary/aromatic N) is 2. The highest BCUT2D eigenvalue weighted by Gasteiger charge is 2.17. The Balaban J connectivity index is 1.61. The van der Waals surface area contributed by atoms with Gasteiger partial charge in [0.05, 0.1) is 4.88 Å². The largest absolute Gasteiger partial charge is 0.296 e. The van der Waals surface area contributed by atoms with Crippen LogP contribution < -0.4 is 5.32 Å². The molecule has 3 heterocycles. The monoisotopic (exact) mass is 357 g/mol. The number of aryl methyl sites for hydroxylation is 1. The average Bonchev–Trinajstić information content (AvgIpc) is 3.27. The standard InChI is InChI=1S/C16H11N3OS3/c1-9-11-4-2-3-5-12(11)22-13(9)14(20)17-16-19-18-15(23-16)10-6-7-21-8-10/h2-8H,1H3,(H,17,19,20). The molecule has 0 aliphatic carbocycles. The SMILES string of the molecule is Cc1c(C(=O)Nc2nnc(-c3ccsc3)s2)sc2ccccc12. The lowest BCUT2D eigenvalue weighted by molar-refractivity contribution is 0.103. The molecule has 0 atom stereocenters. The Morgan fingerprint density at radius 2 is 2.00 bits per heavy atom. The molecule has 0 saturated heterocycles. The van der Waals surface area contributed by atoms with Crippen molar-refractivity contribution in [2.45, 2.75) is 6.92 Å². The molecule has 23 heavy (non-hydrogen) atoms. The van der Waals surface area contributed by atoms with Crippen molar-refractivity contribution >= 4 is 55.1 Å². The van der Waals surface area contributed by atoms with Crippen molar-refractivity contribution in [3.8, 4) is 10.6 Å². The molecule has 0 saturated carbocycles. The third kappa shape index (κ3) is 2.67. The van der Waals surface area contributed by atoms with Crippen LogP contribution in [0.5, 0.6) is 0 Å². The first-order valence-corrected chi connectivity index (χ1v) is 9.45. The molecule has 0 fully saturated rings. The lowest BCUT2D eigenvalue weighted by Crippen LogP contribution is -2.11. The highest BCUT2D eigenvalue weighted by molar-refractivity contribution is 7.21. The Bertz CT molecular complexity index is 985. The zero-order valence-electron chi connectivity index (χ0n) is 12.1. The van der Waals surface area contributed by atoms with Crippen molar-refractivity contribution in [2.24, 2.45) is 0 Å². The number of nitrogens with one attached hydrogen (secondary N) is 1. The molecule has 0 aliphatic rings. The quantitative estimate of drug-likeness (QED) is 0.559. The number of benzene rings is 1. The maximum Gasteiger partial charge on any atom is 0.267 e. The van der Waals surface area contributed by atoms with E-state index in [0.717, 1.165) is 31.1 Å². The predicted molar refractivity (Wildman–Crippen MR) is 97.7 cm³/mol. The molecule has 1 amide bonds. The van der Waals surface area contributed by atoms with Gasteiger partial charge in [0.25, 0.3) is 5.91 Å². The van der Waals surface area contributed by atoms with E-state index in [4.69, 9.17) is 0 Å². The zero-order chi connectivity index (χ0) is 15.8. The number of amides is 1. The Kier molecular flexibility index (Phi) is 3.68. The van der Waals surface area contributed by atoms with E-state index in [2.05, 4.69) is 15.5 Å². The van der Waals surface area contributed by atoms with E-state index in [9.17, 15) is 4.79 Å². The van der Waals surface area contributed by atoms with E-state index < -0.39 is 0 Å². The minimum absolute atomic E-state index is 0.128. The molecule has 1 aromatic carbocycles.